The fourth-order valence-corrected chi connectivity index (χ4v) is 1.96. The van der Waals surface area contributed by atoms with Crippen LogP contribution in [0.15, 0.2) is 54.1 Å². The van der Waals surface area contributed by atoms with Gasteiger partial charge in [0.15, 0.2) is 0 Å². The Bertz CT molecular complexity index is 830. The van der Waals surface area contributed by atoms with E-state index in [0.717, 1.165) is 0 Å². The fraction of sp³-hybridized carbons (Fsp3) is 0.105. The second-order valence-electron chi connectivity index (χ2n) is 4.85. The Hall–Kier alpha value is -3.59. The highest BCUT2D eigenvalue weighted by atomic mass is 16.5. The molecule has 25 heavy (non-hydrogen) atoms. The molecular formula is C19H15NO5. The van der Waals surface area contributed by atoms with Gasteiger partial charge in [0.2, 0.25) is 0 Å². The lowest BCUT2D eigenvalue weighted by Crippen LogP contribution is -2.02. The summed E-state index contributed by atoms with van der Waals surface area (Å²) in [6.07, 6.45) is 1.43. The first-order chi connectivity index (χ1) is 12.1. The Kier molecular flexibility index (Phi) is 5.91. The lowest BCUT2D eigenvalue weighted by Gasteiger charge is -2.07. The zero-order chi connectivity index (χ0) is 18.2. The number of ether oxygens (including phenoxy) is 3. The van der Waals surface area contributed by atoms with Crippen LogP contribution >= 0.6 is 0 Å². The molecule has 0 spiro atoms. The van der Waals surface area contributed by atoms with Crippen LogP contribution in [-0.2, 0) is 14.3 Å². The smallest absolute Gasteiger partial charge is 0.348 e. The third kappa shape index (κ3) is 4.69. The van der Waals surface area contributed by atoms with Crippen LogP contribution in [0.1, 0.15) is 15.9 Å². The first kappa shape index (κ1) is 17.8. The van der Waals surface area contributed by atoms with E-state index in [4.69, 9.17) is 10.00 Å². The third-order valence-electron chi connectivity index (χ3n) is 3.23. The van der Waals surface area contributed by atoms with Gasteiger partial charge in [-0.2, -0.15) is 5.26 Å². The highest BCUT2D eigenvalue weighted by Gasteiger charge is 2.08. The lowest BCUT2D eigenvalue weighted by atomic mass is 10.1. The molecule has 0 atom stereocenters. The minimum Gasteiger partial charge on any atom is -0.465 e. The van der Waals surface area contributed by atoms with Crippen LogP contribution in [0.3, 0.4) is 0 Å². The van der Waals surface area contributed by atoms with Crippen molar-refractivity contribution < 1.29 is 23.8 Å². The molecule has 6 heteroatoms. The monoisotopic (exact) mass is 337 g/mol. The third-order valence-corrected chi connectivity index (χ3v) is 3.23. The summed E-state index contributed by atoms with van der Waals surface area (Å²) in [7, 11) is 2.54. The van der Waals surface area contributed by atoms with Gasteiger partial charge in [0.1, 0.15) is 23.1 Å². The SMILES string of the molecule is COC(=O)/C(C#N)=C/c1ccc(Oc2ccc(C(=O)OC)cc2)cc1. The largest absolute Gasteiger partial charge is 0.465 e. The minimum atomic E-state index is -0.687. The maximum absolute atomic E-state index is 11.4. The number of methoxy groups -OCH3 is 2. The number of hydrogen-bond acceptors (Lipinski definition) is 6. The van der Waals surface area contributed by atoms with Crippen LogP contribution in [0.25, 0.3) is 6.08 Å². The van der Waals surface area contributed by atoms with Gasteiger partial charge in [-0.1, -0.05) is 12.1 Å². The molecule has 0 radical (unpaired) electrons. The minimum absolute atomic E-state index is 0.0884. The van der Waals surface area contributed by atoms with Crippen molar-refractivity contribution in [3.05, 3.63) is 65.2 Å². The van der Waals surface area contributed by atoms with E-state index in [2.05, 4.69) is 9.47 Å². The maximum Gasteiger partial charge on any atom is 0.348 e. The van der Waals surface area contributed by atoms with Crippen molar-refractivity contribution >= 4 is 18.0 Å². The first-order valence-electron chi connectivity index (χ1n) is 7.23. The zero-order valence-corrected chi connectivity index (χ0v) is 13.7. The van der Waals surface area contributed by atoms with E-state index in [0.29, 0.717) is 22.6 Å². The van der Waals surface area contributed by atoms with Gasteiger partial charge >= 0.3 is 11.9 Å². The predicted octanol–water partition coefficient (Wildman–Crippen LogP) is 3.35. The molecule has 0 aromatic heterocycles. The van der Waals surface area contributed by atoms with Crippen LogP contribution in [0.5, 0.6) is 11.5 Å². The van der Waals surface area contributed by atoms with Crippen molar-refractivity contribution in [2.45, 2.75) is 0 Å². The van der Waals surface area contributed by atoms with Crippen LogP contribution in [-0.4, -0.2) is 26.2 Å². The predicted molar refractivity (Wildman–Crippen MR) is 89.9 cm³/mol. The van der Waals surface area contributed by atoms with Crippen molar-refractivity contribution in [1.82, 2.24) is 0 Å². The fourth-order valence-electron chi connectivity index (χ4n) is 1.96. The molecule has 6 nitrogen and oxygen atoms in total. The number of benzene rings is 2. The highest BCUT2D eigenvalue weighted by molar-refractivity contribution is 5.97. The summed E-state index contributed by atoms with van der Waals surface area (Å²) in [4.78, 5) is 22.8. The Morgan fingerprint density at radius 2 is 1.48 bits per heavy atom. The van der Waals surface area contributed by atoms with Gasteiger partial charge in [-0.05, 0) is 48.0 Å². The van der Waals surface area contributed by atoms with Gasteiger partial charge in [-0.25, -0.2) is 9.59 Å². The summed E-state index contributed by atoms with van der Waals surface area (Å²) in [5.41, 5.74) is 1.01. The molecule has 0 heterocycles. The molecule has 0 amide bonds. The Labute approximate surface area is 144 Å². The molecule has 126 valence electrons. The van der Waals surface area contributed by atoms with Crippen LogP contribution < -0.4 is 4.74 Å². The Morgan fingerprint density at radius 1 is 0.920 bits per heavy atom. The van der Waals surface area contributed by atoms with E-state index in [1.165, 1.54) is 20.3 Å². The molecule has 0 aliphatic rings. The number of rotatable bonds is 5. The Morgan fingerprint density at radius 3 is 1.96 bits per heavy atom. The zero-order valence-electron chi connectivity index (χ0n) is 13.7. The average molecular weight is 337 g/mol. The van der Waals surface area contributed by atoms with E-state index in [9.17, 15) is 9.59 Å². The molecule has 0 N–H and O–H groups in total. The molecule has 0 unspecified atom stereocenters. The van der Waals surface area contributed by atoms with E-state index >= 15 is 0 Å². The summed E-state index contributed by atoms with van der Waals surface area (Å²) in [6.45, 7) is 0. The molecule has 2 aromatic rings. The molecular weight excluding hydrogens is 322 g/mol. The van der Waals surface area contributed by atoms with Crippen molar-refractivity contribution in [3.8, 4) is 17.6 Å². The summed E-state index contributed by atoms with van der Waals surface area (Å²) < 4.78 is 14.8. The van der Waals surface area contributed by atoms with Gasteiger partial charge < -0.3 is 14.2 Å². The van der Waals surface area contributed by atoms with E-state index in [1.54, 1.807) is 54.6 Å². The molecule has 2 aromatic carbocycles. The van der Waals surface area contributed by atoms with Crippen LogP contribution in [0.2, 0.25) is 0 Å². The summed E-state index contributed by atoms with van der Waals surface area (Å²) >= 11 is 0. The molecule has 0 saturated carbocycles. The summed E-state index contributed by atoms with van der Waals surface area (Å²) in [5.74, 6) is 0.0258. The van der Waals surface area contributed by atoms with Gasteiger partial charge in [0.05, 0.1) is 19.8 Å². The standard InChI is InChI=1S/C19H15NO5/c1-23-18(21)14-5-9-17(10-6-14)25-16-7-3-13(4-8-16)11-15(12-20)19(22)24-2/h3-11H,1-2H3/b15-11+. The number of carbonyl (C=O) groups excluding carboxylic acids is 2. The maximum atomic E-state index is 11.4. The molecule has 2 rings (SSSR count). The van der Waals surface area contributed by atoms with Crippen molar-refractivity contribution in [1.29, 1.82) is 5.26 Å². The molecule has 0 aliphatic carbocycles. The van der Waals surface area contributed by atoms with Gasteiger partial charge in [-0.3, -0.25) is 0 Å². The number of nitrogens with zero attached hydrogens (tertiary/aromatic N) is 1. The average Bonchev–Trinajstić information content (AvgIpc) is 2.66. The summed E-state index contributed by atoms with van der Waals surface area (Å²) in [6, 6.07) is 15.1. The first-order valence-corrected chi connectivity index (χ1v) is 7.23. The van der Waals surface area contributed by atoms with Crippen LogP contribution in [0.4, 0.5) is 0 Å². The normalized spacial score (nSPS) is 10.5. The topological polar surface area (TPSA) is 85.6 Å². The number of hydrogen-bond donors (Lipinski definition) is 0. The molecule has 0 saturated heterocycles. The van der Waals surface area contributed by atoms with Crippen molar-refractivity contribution in [2.24, 2.45) is 0 Å². The second kappa shape index (κ2) is 8.31. The van der Waals surface area contributed by atoms with Crippen molar-refractivity contribution in [3.63, 3.8) is 0 Å². The number of esters is 2. The molecule has 0 fully saturated rings. The van der Waals surface area contributed by atoms with Gasteiger partial charge in [0, 0.05) is 0 Å². The number of nitriles is 1. The van der Waals surface area contributed by atoms with Gasteiger partial charge in [0.25, 0.3) is 0 Å². The summed E-state index contributed by atoms with van der Waals surface area (Å²) in [5, 5.41) is 8.94. The van der Waals surface area contributed by atoms with Gasteiger partial charge in [-0.15, -0.1) is 0 Å². The lowest BCUT2D eigenvalue weighted by molar-refractivity contribution is -0.135. The molecule has 0 bridgehead atoms. The molecule has 0 aliphatic heterocycles. The second-order valence-corrected chi connectivity index (χ2v) is 4.85. The van der Waals surface area contributed by atoms with Crippen molar-refractivity contribution in [2.75, 3.05) is 14.2 Å². The Balaban J connectivity index is 2.10. The highest BCUT2D eigenvalue weighted by Crippen LogP contribution is 2.23. The van der Waals surface area contributed by atoms with E-state index < -0.39 is 11.9 Å². The quantitative estimate of drug-likeness (QED) is 0.472. The van der Waals surface area contributed by atoms with Crippen LogP contribution in [0, 0.1) is 11.3 Å². The number of carbonyl (C=O) groups is 2. The van der Waals surface area contributed by atoms with E-state index in [1.807, 2.05) is 0 Å². The van der Waals surface area contributed by atoms with E-state index in [-0.39, 0.29) is 5.57 Å².